The standard InChI is InChI=1S/C20H17Cl2N5O2S/c1-2-9-27-19(12-7-8-14(21)15(22)10-12)25-26-20(27)30-11-17(28)24-16-6-4-3-5-13(16)18(23)29/h2-8,10H,1,9,11H2,(H2,23,29)(H,24,28). The Bertz CT molecular complexity index is 1120. The highest BCUT2D eigenvalue weighted by molar-refractivity contribution is 7.99. The summed E-state index contributed by atoms with van der Waals surface area (Å²) in [4.78, 5) is 23.9. The zero-order valence-corrected chi connectivity index (χ0v) is 18.0. The molecular weight excluding hydrogens is 445 g/mol. The summed E-state index contributed by atoms with van der Waals surface area (Å²) in [5.74, 6) is -0.284. The molecule has 0 saturated heterocycles. The summed E-state index contributed by atoms with van der Waals surface area (Å²) in [6.45, 7) is 4.21. The van der Waals surface area contributed by atoms with E-state index in [9.17, 15) is 9.59 Å². The molecule has 30 heavy (non-hydrogen) atoms. The van der Waals surface area contributed by atoms with Gasteiger partial charge in [-0.3, -0.25) is 14.2 Å². The lowest BCUT2D eigenvalue weighted by molar-refractivity contribution is -0.113. The van der Waals surface area contributed by atoms with E-state index < -0.39 is 5.91 Å². The number of benzene rings is 2. The summed E-state index contributed by atoms with van der Waals surface area (Å²) < 4.78 is 1.82. The first-order chi connectivity index (χ1) is 14.4. The second kappa shape index (κ2) is 9.80. The summed E-state index contributed by atoms with van der Waals surface area (Å²) in [6, 6.07) is 11.7. The molecule has 154 valence electrons. The Labute approximate surface area is 187 Å². The number of anilines is 1. The number of nitrogens with two attached hydrogens (primary N) is 1. The third-order valence-corrected chi connectivity index (χ3v) is 5.71. The molecule has 0 fully saturated rings. The van der Waals surface area contributed by atoms with Crippen molar-refractivity contribution in [2.45, 2.75) is 11.7 Å². The summed E-state index contributed by atoms with van der Waals surface area (Å²) >= 11 is 13.3. The van der Waals surface area contributed by atoms with E-state index in [-0.39, 0.29) is 17.2 Å². The van der Waals surface area contributed by atoms with E-state index in [1.54, 1.807) is 48.5 Å². The minimum atomic E-state index is -0.615. The van der Waals surface area contributed by atoms with Crippen LogP contribution in [-0.4, -0.2) is 32.3 Å². The van der Waals surface area contributed by atoms with Crippen LogP contribution in [0.3, 0.4) is 0 Å². The molecule has 1 heterocycles. The lowest BCUT2D eigenvalue weighted by atomic mass is 10.1. The highest BCUT2D eigenvalue weighted by atomic mass is 35.5. The van der Waals surface area contributed by atoms with Crippen LogP contribution in [0.15, 0.2) is 60.3 Å². The molecule has 0 unspecified atom stereocenters. The molecule has 0 bridgehead atoms. The molecule has 10 heteroatoms. The first kappa shape index (κ1) is 21.9. The summed E-state index contributed by atoms with van der Waals surface area (Å²) in [7, 11) is 0. The van der Waals surface area contributed by atoms with Gasteiger partial charge in [0.1, 0.15) is 0 Å². The Balaban J connectivity index is 1.76. The maximum atomic E-state index is 12.4. The third-order valence-electron chi connectivity index (χ3n) is 4.01. The maximum Gasteiger partial charge on any atom is 0.250 e. The number of halogens is 2. The van der Waals surface area contributed by atoms with Crippen molar-refractivity contribution in [2.75, 3.05) is 11.1 Å². The van der Waals surface area contributed by atoms with Gasteiger partial charge in [-0.05, 0) is 30.3 Å². The van der Waals surface area contributed by atoms with Crippen molar-refractivity contribution in [3.8, 4) is 11.4 Å². The second-order valence-electron chi connectivity index (χ2n) is 6.08. The van der Waals surface area contributed by atoms with Gasteiger partial charge in [-0.15, -0.1) is 16.8 Å². The summed E-state index contributed by atoms with van der Waals surface area (Å²) in [5.41, 5.74) is 6.69. The van der Waals surface area contributed by atoms with E-state index >= 15 is 0 Å². The second-order valence-corrected chi connectivity index (χ2v) is 7.84. The van der Waals surface area contributed by atoms with Crippen molar-refractivity contribution in [3.05, 3.63) is 70.7 Å². The zero-order valence-electron chi connectivity index (χ0n) is 15.6. The third kappa shape index (κ3) is 5.02. The van der Waals surface area contributed by atoms with Crippen LogP contribution in [0, 0.1) is 0 Å². The Morgan fingerprint density at radius 1 is 1.17 bits per heavy atom. The van der Waals surface area contributed by atoms with Gasteiger partial charge in [0.2, 0.25) is 5.91 Å². The highest BCUT2D eigenvalue weighted by Gasteiger charge is 2.17. The maximum absolute atomic E-state index is 12.4. The monoisotopic (exact) mass is 461 g/mol. The van der Waals surface area contributed by atoms with Crippen LogP contribution in [-0.2, 0) is 11.3 Å². The predicted molar refractivity (Wildman–Crippen MR) is 120 cm³/mol. The summed E-state index contributed by atoms with van der Waals surface area (Å²) in [6.07, 6.45) is 1.71. The van der Waals surface area contributed by atoms with Crippen molar-refractivity contribution >= 4 is 52.5 Å². The van der Waals surface area contributed by atoms with Crippen molar-refractivity contribution in [1.82, 2.24) is 14.8 Å². The SMILES string of the molecule is C=CCn1c(SCC(=O)Nc2ccccc2C(N)=O)nnc1-c1ccc(Cl)c(Cl)c1. The van der Waals surface area contributed by atoms with E-state index in [1.807, 2.05) is 4.57 Å². The van der Waals surface area contributed by atoms with Gasteiger partial charge in [0.05, 0.1) is 27.0 Å². The lowest BCUT2D eigenvalue weighted by Gasteiger charge is -2.10. The lowest BCUT2D eigenvalue weighted by Crippen LogP contribution is -2.19. The van der Waals surface area contributed by atoms with Crippen molar-refractivity contribution in [1.29, 1.82) is 0 Å². The van der Waals surface area contributed by atoms with Crippen LogP contribution in [0.5, 0.6) is 0 Å². The number of aromatic nitrogens is 3. The van der Waals surface area contributed by atoms with Crippen LogP contribution in [0.2, 0.25) is 10.0 Å². The van der Waals surface area contributed by atoms with Gasteiger partial charge in [0.15, 0.2) is 11.0 Å². The van der Waals surface area contributed by atoms with Crippen LogP contribution < -0.4 is 11.1 Å². The number of amides is 2. The Morgan fingerprint density at radius 2 is 1.93 bits per heavy atom. The fourth-order valence-electron chi connectivity index (χ4n) is 2.66. The molecular formula is C20H17Cl2N5O2S. The number of hydrogen-bond acceptors (Lipinski definition) is 5. The molecule has 0 saturated carbocycles. The normalized spacial score (nSPS) is 10.6. The average molecular weight is 462 g/mol. The van der Waals surface area contributed by atoms with Gasteiger partial charge in [-0.2, -0.15) is 0 Å². The molecule has 3 N–H and O–H groups in total. The quantitative estimate of drug-likeness (QED) is 0.385. The number of nitrogens with one attached hydrogen (secondary N) is 1. The predicted octanol–water partition coefficient (Wildman–Crippen LogP) is 4.27. The zero-order chi connectivity index (χ0) is 21.7. The topological polar surface area (TPSA) is 103 Å². The van der Waals surface area contributed by atoms with Gasteiger partial charge in [0, 0.05) is 12.1 Å². The highest BCUT2D eigenvalue weighted by Crippen LogP contribution is 2.30. The molecule has 0 aliphatic rings. The van der Waals surface area contributed by atoms with Gasteiger partial charge < -0.3 is 11.1 Å². The molecule has 0 spiro atoms. The Kier molecular flexibility index (Phi) is 7.15. The van der Waals surface area contributed by atoms with Crippen molar-refractivity contribution < 1.29 is 9.59 Å². The number of hydrogen-bond donors (Lipinski definition) is 2. The molecule has 1 aromatic heterocycles. The Morgan fingerprint density at radius 3 is 2.63 bits per heavy atom. The van der Waals surface area contributed by atoms with E-state index in [0.29, 0.717) is 33.3 Å². The van der Waals surface area contributed by atoms with Crippen LogP contribution in [0.4, 0.5) is 5.69 Å². The number of allylic oxidation sites excluding steroid dienone is 1. The molecule has 0 aliphatic carbocycles. The van der Waals surface area contributed by atoms with Gasteiger partial charge in [0.25, 0.3) is 5.91 Å². The molecule has 2 aromatic carbocycles. The fraction of sp³-hybridized carbons (Fsp3) is 0.100. The van der Waals surface area contributed by atoms with E-state index in [2.05, 4.69) is 22.1 Å². The van der Waals surface area contributed by atoms with Gasteiger partial charge >= 0.3 is 0 Å². The molecule has 7 nitrogen and oxygen atoms in total. The molecule has 3 rings (SSSR count). The number of rotatable bonds is 8. The number of primary amides is 1. The van der Waals surface area contributed by atoms with Gasteiger partial charge in [-0.1, -0.05) is 53.2 Å². The fourth-order valence-corrected chi connectivity index (χ4v) is 3.71. The number of nitrogens with zero attached hydrogens (tertiary/aromatic N) is 3. The molecule has 0 aliphatic heterocycles. The number of carbonyl (C=O) groups excluding carboxylic acids is 2. The van der Waals surface area contributed by atoms with Crippen molar-refractivity contribution in [2.24, 2.45) is 5.73 Å². The molecule has 2 amide bonds. The number of para-hydroxylation sites is 1. The van der Waals surface area contributed by atoms with Gasteiger partial charge in [-0.25, -0.2) is 0 Å². The average Bonchev–Trinajstić information content (AvgIpc) is 3.11. The smallest absolute Gasteiger partial charge is 0.250 e. The minimum Gasteiger partial charge on any atom is -0.366 e. The van der Waals surface area contributed by atoms with E-state index in [0.717, 1.165) is 5.56 Å². The first-order valence-corrected chi connectivity index (χ1v) is 10.5. The van der Waals surface area contributed by atoms with Crippen molar-refractivity contribution in [3.63, 3.8) is 0 Å². The van der Waals surface area contributed by atoms with Crippen LogP contribution in [0.25, 0.3) is 11.4 Å². The Hall–Kier alpha value is -2.81. The van der Waals surface area contributed by atoms with Crippen LogP contribution >= 0.6 is 35.0 Å². The molecule has 0 radical (unpaired) electrons. The van der Waals surface area contributed by atoms with E-state index in [1.165, 1.54) is 11.8 Å². The summed E-state index contributed by atoms with van der Waals surface area (Å²) in [5, 5.41) is 12.5. The number of thioether (sulfide) groups is 1. The first-order valence-electron chi connectivity index (χ1n) is 8.71. The van der Waals surface area contributed by atoms with Crippen LogP contribution in [0.1, 0.15) is 10.4 Å². The molecule has 0 atom stereocenters. The number of carbonyl (C=O) groups is 2. The minimum absolute atomic E-state index is 0.0593. The van der Waals surface area contributed by atoms with E-state index in [4.69, 9.17) is 28.9 Å². The molecule has 3 aromatic rings. The largest absolute Gasteiger partial charge is 0.366 e.